The molecule has 5 amide bonds. The third kappa shape index (κ3) is 14.7. The molecule has 0 radical (unpaired) electrons. The predicted octanol–water partition coefficient (Wildman–Crippen LogP) is -1.03. The lowest BCUT2D eigenvalue weighted by Gasteiger charge is -2.31. The van der Waals surface area contributed by atoms with Gasteiger partial charge in [-0.25, -0.2) is 4.79 Å². The number of hydrogen-bond donors (Lipinski definition) is 10. The highest BCUT2D eigenvalue weighted by molar-refractivity contribution is 5.92. The van der Waals surface area contributed by atoms with E-state index in [4.69, 9.17) is 10.5 Å². The second-order valence-corrected chi connectivity index (χ2v) is 12.2. The number of nitrogens with one attached hydrogen (secondary N) is 4. The van der Waals surface area contributed by atoms with Crippen molar-refractivity contribution in [1.29, 1.82) is 0 Å². The number of carboxylic acid groups (broad SMARTS) is 1. The number of primary amides is 1. The van der Waals surface area contributed by atoms with E-state index in [0.717, 1.165) is 0 Å². The summed E-state index contributed by atoms with van der Waals surface area (Å²) in [5.41, 5.74) is 6.31. The molecule has 0 aliphatic heterocycles. The number of rotatable bonds is 21. The number of amides is 5. The van der Waals surface area contributed by atoms with Crippen LogP contribution < -0.4 is 27.0 Å². The minimum Gasteiger partial charge on any atom is -0.481 e. The number of hydrogen-bond acceptors (Lipinski definition) is 11. The Hall–Kier alpha value is -5.10. The number of nitrogens with two attached hydrogens (primary N) is 1. The Labute approximate surface area is 294 Å². The molecule has 2 aromatic carbocycles. The van der Waals surface area contributed by atoms with Crippen LogP contribution in [0.3, 0.4) is 0 Å². The molecule has 0 saturated carbocycles. The first-order valence-electron chi connectivity index (χ1n) is 16.2. The van der Waals surface area contributed by atoms with Crippen LogP contribution in [0.4, 0.5) is 4.79 Å². The van der Waals surface area contributed by atoms with Crippen molar-refractivity contribution < 1.29 is 59.0 Å². The summed E-state index contributed by atoms with van der Waals surface area (Å²) < 4.78 is 5.17. The number of aliphatic hydroxyl groups is 4. The molecule has 2 rings (SSSR count). The Bertz CT molecular complexity index is 1450. The molecule has 0 aliphatic rings. The summed E-state index contributed by atoms with van der Waals surface area (Å²) in [6, 6.07) is 11.2. The average Bonchev–Trinajstić information content (AvgIpc) is 3.10. The smallest absolute Gasteiger partial charge is 0.408 e. The first-order chi connectivity index (χ1) is 24.1. The maximum atomic E-state index is 13.4. The van der Waals surface area contributed by atoms with Crippen molar-refractivity contribution in [3.63, 3.8) is 0 Å². The number of alkyl carbamates (subject to hydrolysis) is 1. The summed E-state index contributed by atoms with van der Waals surface area (Å²) in [6.45, 7) is 2.38. The van der Waals surface area contributed by atoms with E-state index in [0.29, 0.717) is 11.1 Å². The summed E-state index contributed by atoms with van der Waals surface area (Å²) in [6.07, 6.45) is -8.78. The zero-order chi connectivity index (χ0) is 38.1. The summed E-state index contributed by atoms with van der Waals surface area (Å²) in [7, 11) is 0. The highest BCUT2D eigenvalue weighted by atomic mass is 16.5. The largest absolute Gasteiger partial charge is 0.481 e. The number of carboxylic acids is 1. The fourth-order valence-electron chi connectivity index (χ4n) is 4.91. The molecule has 0 saturated heterocycles. The lowest BCUT2D eigenvalue weighted by Crippen LogP contribution is -2.60. The van der Waals surface area contributed by atoms with Gasteiger partial charge in [-0.05, 0) is 29.9 Å². The molecule has 51 heavy (non-hydrogen) atoms. The van der Waals surface area contributed by atoms with Crippen LogP contribution in [0.5, 0.6) is 0 Å². The van der Waals surface area contributed by atoms with Crippen molar-refractivity contribution in [3.8, 4) is 0 Å². The normalized spacial score (nSPS) is 15.2. The van der Waals surface area contributed by atoms with E-state index < -0.39 is 91.2 Å². The second-order valence-electron chi connectivity index (χ2n) is 12.2. The fourth-order valence-corrected chi connectivity index (χ4v) is 4.91. The molecule has 0 aliphatic carbocycles. The summed E-state index contributed by atoms with van der Waals surface area (Å²) in [5.74, 6) is -5.27. The van der Waals surface area contributed by atoms with Gasteiger partial charge in [0.25, 0.3) is 5.91 Å². The molecule has 0 unspecified atom stereocenters. The quantitative estimate of drug-likeness (QED) is 0.0742. The van der Waals surface area contributed by atoms with Crippen molar-refractivity contribution >= 4 is 35.7 Å². The van der Waals surface area contributed by atoms with Gasteiger partial charge in [0.05, 0.1) is 25.1 Å². The molecular formula is C34H47N5O12. The van der Waals surface area contributed by atoms with Crippen molar-refractivity contribution in [1.82, 2.24) is 21.3 Å². The molecule has 0 aromatic heterocycles. The van der Waals surface area contributed by atoms with Gasteiger partial charge >= 0.3 is 12.1 Å². The van der Waals surface area contributed by atoms with E-state index in [2.05, 4.69) is 21.3 Å². The van der Waals surface area contributed by atoms with Crippen molar-refractivity contribution in [2.24, 2.45) is 11.7 Å². The van der Waals surface area contributed by atoms with Crippen LogP contribution in [0.25, 0.3) is 0 Å². The van der Waals surface area contributed by atoms with Gasteiger partial charge in [0.2, 0.25) is 17.7 Å². The maximum absolute atomic E-state index is 13.4. The van der Waals surface area contributed by atoms with Crippen LogP contribution in [0.1, 0.15) is 56.7 Å². The van der Waals surface area contributed by atoms with E-state index in [1.807, 2.05) is 0 Å². The summed E-state index contributed by atoms with van der Waals surface area (Å²) >= 11 is 0. The number of aliphatic hydroxyl groups excluding tert-OH is 4. The maximum Gasteiger partial charge on any atom is 0.408 e. The van der Waals surface area contributed by atoms with Crippen LogP contribution in [0.15, 0.2) is 60.7 Å². The zero-order valence-corrected chi connectivity index (χ0v) is 28.3. The van der Waals surface area contributed by atoms with E-state index >= 15 is 0 Å². The van der Waals surface area contributed by atoms with Gasteiger partial charge in [0, 0.05) is 6.42 Å². The van der Waals surface area contributed by atoms with Gasteiger partial charge < -0.3 is 57.3 Å². The number of ether oxygens (including phenoxy) is 1. The molecule has 2 aromatic rings. The molecule has 17 heteroatoms. The van der Waals surface area contributed by atoms with Gasteiger partial charge in [0.15, 0.2) is 6.10 Å². The van der Waals surface area contributed by atoms with Crippen LogP contribution in [0.2, 0.25) is 0 Å². The molecule has 17 nitrogen and oxygen atoms in total. The third-order valence-electron chi connectivity index (χ3n) is 7.62. The minimum absolute atomic E-state index is 0.0187. The van der Waals surface area contributed by atoms with E-state index in [1.165, 1.54) is 0 Å². The summed E-state index contributed by atoms with van der Waals surface area (Å²) in [4.78, 5) is 74.8. The fraction of sp³-hybridized carbons (Fsp3) is 0.471. The minimum atomic E-state index is -2.32. The Morgan fingerprint density at radius 3 is 1.90 bits per heavy atom. The number of aliphatic carboxylic acids is 1. The topological polar surface area (TPSA) is 287 Å². The second kappa shape index (κ2) is 21.2. The van der Waals surface area contributed by atoms with Crippen LogP contribution in [-0.4, -0.2) is 104 Å². The van der Waals surface area contributed by atoms with Gasteiger partial charge in [-0.2, -0.15) is 0 Å². The molecule has 11 N–H and O–H groups in total. The SMILES string of the molecule is CC(C)C[C@H](NC(=O)[C@H](CCC(N)=O)NC(=O)OCc1ccccc1)C(=O)N[C@@H](CO)[C@@H](O)[C@@H](O)[C@H](O)C(=O)N[C@@H](CC(=O)O)c1ccccc1. The van der Waals surface area contributed by atoms with Crippen LogP contribution in [-0.2, 0) is 35.3 Å². The van der Waals surface area contributed by atoms with Crippen molar-refractivity contribution in [3.05, 3.63) is 71.8 Å². The Balaban J connectivity index is 2.12. The highest BCUT2D eigenvalue weighted by Crippen LogP contribution is 2.18. The third-order valence-corrected chi connectivity index (χ3v) is 7.62. The molecular weight excluding hydrogens is 670 g/mol. The molecule has 0 fully saturated rings. The first-order valence-corrected chi connectivity index (χ1v) is 16.2. The van der Waals surface area contributed by atoms with E-state index in [-0.39, 0.29) is 31.8 Å². The van der Waals surface area contributed by atoms with Crippen molar-refractivity contribution in [2.45, 2.75) is 88.6 Å². The Kier molecular flexibility index (Phi) is 17.5. The first kappa shape index (κ1) is 42.1. The summed E-state index contributed by atoms with van der Waals surface area (Å²) in [5, 5.41) is 60.7. The predicted molar refractivity (Wildman–Crippen MR) is 180 cm³/mol. The standard InChI is InChI=1S/C34H47N5O12/c1-19(2)15-24(37-31(47)22(13-14-26(35)41)39-34(50)51-18-20-9-5-3-6-10-20)32(48)38-25(17-40)28(44)29(45)30(46)33(49)36-23(16-27(42)43)21-11-7-4-8-12-21/h3-12,19,22-25,28-30,40,44-46H,13-18H2,1-2H3,(H2,35,41)(H,36,49)(H,37,47)(H,38,48)(H,39,50)(H,42,43)/t22-,23-,24-,25-,28+,29+,30-/m0/s1. The monoisotopic (exact) mass is 717 g/mol. The molecule has 0 spiro atoms. The Morgan fingerprint density at radius 2 is 1.35 bits per heavy atom. The van der Waals surface area contributed by atoms with Gasteiger partial charge in [-0.1, -0.05) is 74.5 Å². The lowest BCUT2D eigenvalue weighted by atomic mass is 9.98. The van der Waals surface area contributed by atoms with Gasteiger partial charge in [-0.15, -0.1) is 0 Å². The zero-order valence-electron chi connectivity index (χ0n) is 28.3. The van der Waals surface area contributed by atoms with E-state index in [1.54, 1.807) is 74.5 Å². The molecule has 280 valence electrons. The Morgan fingerprint density at radius 1 is 0.765 bits per heavy atom. The highest BCUT2D eigenvalue weighted by Gasteiger charge is 2.38. The number of carbonyl (C=O) groups is 6. The van der Waals surface area contributed by atoms with Crippen molar-refractivity contribution in [2.75, 3.05) is 6.61 Å². The number of benzene rings is 2. The van der Waals surface area contributed by atoms with Crippen LogP contribution in [0, 0.1) is 5.92 Å². The molecule has 0 bridgehead atoms. The van der Waals surface area contributed by atoms with Gasteiger partial charge in [0.1, 0.15) is 30.9 Å². The van der Waals surface area contributed by atoms with Crippen LogP contribution >= 0.6 is 0 Å². The van der Waals surface area contributed by atoms with E-state index in [9.17, 15) is 54.3 Å². The molecule has 7 atom stereocenters. The number of carbonyl (C=O) groups excluding carboxylic acids is 5. The van der Waals surface area contributed by atoms with Gasteiger partial charge in [-0.3, -0.25) is 24.0 Å². The average molecular weight is 718 g/mol. The lowest BCUT2D eigenvalue weighted by molar-refractivity contribution is -0.145. The molecule has 0 heterocycles.